The first kappa shape index (κ1) is 25.1. The van der Waals surface area contributed by atoms with Crippen molar-refractivity contribution in [3.63, 3.8) is 0 Å². The van der Waals surface area contributed by atoms with Gasteiger partial charge in [-0.25, -0.2) is 0 Å². The lowest BCUT2D eigenvalue weighted by Gasteiger charge is -2.74. The van der Waals surface area contributed by atoms with Gasteiger partial charge in [0.2, 0.25) is 0 Å². The van der Waals surface area contributed by atoms with E-state index in [4.69, 9.17) is 0 Å². The molecule has 0 amide bonds. The lowest BCUT2D eigenvalue weighted by atomic mass is 9.31. The fraction of sp³-hybridized carbons (Fsp3) is 0.967. The molecule has 4 nitrogen and oxygen atoms in total. The Balaban J connectivity index is 1.54. The summed E-state index contributed by atoms with van der Waals surface area (Å²) in [5, 5.41) is 31.8. The molecule has 5 rings (SSSR count). The van der Waals surface area contributed by atoms with Crippen LogP contribution in [0.3, 0.4) is 0 Å². The molecular formula is C30H50O4. The molecule has 5 fully saturated rings. The normalized spacial score (nSPS) is 58.6. The molecular weight excluding hydrogens is 424 g/mol. The molecule has 0 heterocycles. The van der Waals surface area contributed by atoms with Crippen molar-refractivity contribution in [3.8, 4) is 0 Å². The Morgan fingerprint density at radius 2 is 1.47 bits per heavy atom. The quantitative estimate of drug-likeness (QED) is 0.426. The standard InChI is InChI=1S/C30H50O4/c1-17-24(32)21(31)14-23-27(17,4)10-9-22-28(23,5)12-13-29(6)20-16-26(2,3)15-19(25(33)34)18(20)8-11-30(22,29)7/h17-24,31-32H,8-16H2,1-7H3,(H,33,34)/t17-,18-,19+,20+,21+,22-,23+,24+,27+,28+,29-,30+/m0/s1. The molecule has 3 N–H and O–H groups in total. The lowest BCUT2D eigenvalue weighted by molar-refractivity contribution is -0.264. The van der Waals surface area contributed by atoms with Crippen molar-refractivity contribution in [2.45, 2.75) is 118 Å². The molecule has 5 aliphatic rings. The number of aliphatic carboxylic acids is 1. The molecule has 0 bridgehead atoms. The highest BCUT2D eigenvalue weighted by Crippen LogP contribution is 2.77. The first-order valence-electron chi connectivity index (χ1n) is 14.2. The van der Waals surface area contributed by atoms with E-state index in [2.05, 4.69) is 48.5 Å². The van der Waals surface area contributed by atoms with Crippen LogP contribution < -0.4 is 0 Å². The summed E-state index contributed by atoms with van der Waals surface area (Å²) in [5.74, 6) is 1.16. The van der Waals surface area contributed by atoms with Gasteiger partial charge in [0.05, 0.1) is 18.1 Å². The summed E-state index contributed by atoms with van der Waals surface area (Å²) in [5.41, 5.74) is 0.684. The van der Waals surface area contributed by atoms with Gasteiger partial charge in [-0.2, -0.15) is 0 Å². The molecule has 0 aromatic heterocycles. The second-order valence-electron chi connectivity index (χ2n) is 15.4. The Hall–Kier alpha value is -0.610. The van der Waals surface area contributed by atoms with Gasteiger partial charge in [-0.1, -0.05) is 48.5 Å². The Kier molecular flexibility index (Phi) is 5.50. The third-order valence-corrected chi connectivity index (χ3v) is 13.8. The number of carboxylic acids is 1. The van der Waals surface area contributed by atoms with E-state index < -0.39 is 18.2 Å². The molecule has 12 atom stereocenters. The SMILES string of the molecule is C[C@H]1[C@@H](O)[C@H](O)C[C@@H]2[C@]1(C)CC[C@H]1[C@@]2(C)CC[C@@]2(C)[C@@H]3CC(C)(C)C[C@@H](C(=O)O)[C@@H]3CC[C@]12C. The average Bonchev–Trinajstić information content (AvgIpc) is 2.74. The van der Waals surface area contributed by atoms with Crippen LogP contribution in [0.5, 0.6) is 0 Å². The van der Waals surface area contributed by atoms with E-state index >= 15 is 0 Å². The minimum atomic E-state index is -0.615. The Labute approximate surface area is 207 Å². The molecule has 0 spiro atoms. The number of rotatable bonds is 1. The van der Waals surface area contributed by atoms with Gasteiger partial charge in [0.25, 0.3) is 0 Å². The highest BCUT2D eigenvalue weighted by Gasteiger charge is 2.70. The van der Waals surface area contributed by atoms with Crippen LogP contribution in [0.2, 0.25) is 0 Å². The van der Waals surface area contributed by atoms with Gasteiger partial charge in [-0.15, -0.1) is 0 Å². The van der Waals surface area contributed by atoms with Crippen LogP contribution in [-0.2, 0) is 4.79 Å². The number of carboxylic acid groups (broad SMARTS) is 1. The average molecular weight is 475 g/mol. The molecule has 0 radical (unpaired) electrons. The predicted octanol–water partition coefficient (Wildman–Crippen LogP) is 6.14. The first-order valence-corrected chi connectivity index (χ1v) is 14.2. The van der Waals surface area contributed by atoms with Crippen molar-refractivity contribution in [2.24, 2.45) is 62.6 Å². The third kappa shape index (κ3) is 3.06. The molecule has 34 heavy (non-hydrogen) atoms. The highest BCUT2D eigenvalue weighted by atomic mass is 16.4. The maximum atomic E-state index is 12.4. The van der Waals surface area contributed by atoms with Crippen LogP contribution in [0.4, 0.5) is 0 Å². The monoisotopic (exact) mass is 474 g/mol. The lowest BCUT2D eigenvalue weighted by Crippen LogP contribution is -2.68. The number of aliphatic hydroxyl groups is 2. The van der Waals surface area contributed by atoms with Gasteiger partial charge in [0.1, 0.15) is 0 Å². The van der Waals surface area contributed by atoms with Crippen LogP contribution in [0.25, 0.3) is 0 Å². The van der Waals surface area contributed by atoms with Crippen LogP contribution >= 0.6 is 0 Å². The summed E-state index contributed by atoms with van der Waals surface area (Å²) in [6.07, 6.45) is 8.32. The summed E-state index contributed by atoms with van der Waals surface area (Å²) in [6.45, 7) is 16.8. The van der Waals surface area contributed by atoms with E-state index in [1.807, 2.05) is 0 Å². The Morgan fingerprint density at radius 3 is 2.12 bits per heavy atom. The maximum absolute atomic E-state index is 12.4. The second kappa shape index (κ2) is 7.46. The highest BCUT2D eigenvalue weighted by molar-refractivity contribution is 5.70. The first-order chi connectivity index (χ1) is 15.6. The largest absolute Gasteiger partial charge is 0.481 e. The van der Waals surface area contributed by atoms with Gasteiger partial charge in [-0.3, -0.25) is 4.79 Å². The maximum Gasteiger partial charge on any atom is 0.306 e. The van der Waals surface area contributed by atoms with Crippen molar-refractivity contribution in [1.82, 2.24) is 0 Å². The third-order valence-electron chi connectivity index (χ3n) is 13.8. The minimum Gasteiger partial charge on any atom is -0.481 e. The van der Waals surface area contributed by atoms with Crippen LogP contribution in [0.15, 0.2) is 0 Å². The number of hydrogen-bond donors (Lipinski definition) is 3. The number of carbonyl (C=O) groups is 1. The summed E-state index contributed by atoms with van der Waals surface area (Å²) >= 11 is 0. The van der Waals surface area contributed by atoms with Crippen LogP contribution in [0.1, 0.15) is 106 Å². The van der Waals surface area contributed by atoms with E-state index in [1.165, 1.54) is 19.3 Å². The van der Waals surface area contributed by atoms with E-state index in [9.17, 15) is 20.1 Å². The van der Waals surface area contributed by atoms with Crippen molar-refractivity contribution in [2.75, 3.05) is 0 Å². The zero-order valence-electron chi connectivity index (χ0n) is 22.7. The zero-order valence-corrected chi connectivity index (χ0v) is 22.7. The molecule has 5 saturated carbocycles. The Morgan fingerprint density at radius 1 is 0.794 bits per heavy atom. The summed E-state index contributed by atoms with van der Waals surface area (Å²) in [4.78, 5) is 12.4. The minimum absolute atomic E-state index is 0.0758. The Bertz CT molecular complexity index is 853. The molecule has 0 aromatic carbocycles. The van der Waals surface area contributed by atoms with E-state index in [0.717, 1.165) is 38.5 Å². The molecule has 194 valence electrons. The van der Waals surface area contributed by atoms with Gasteiger partial charge in [0.15, 0.2) is 0 Å². The van der Waals surface area contributed by atoms with Crippen molar-refractivity contribution >= 4 is 5.97 Å². The molecule has 5 aliphatic carbocycles. The fourth-order valence-corrected chi connectivity index (χ4v) is 11.5. The van der Waals surface area contributed by atoms with Crippen LogP contribution in [0, 0.1) is 62.6 Å². The number of aliphatic hydroxyl groups excluding tert-OH is 2. The molecule has 4 heteroatoms. The van der Waals surface area contributed by atoms with Gasteiger partial charge >= 0.3 is 5.97 Å². The smallest absolute Gasteiger partial charge is 0.306 e. The number of fused-ring (bicyclic) bond motifs is 7. The molecule has 0 saturated heterocycles. The van der Waals surface area contributed by atoms with Gasteiger partial charge in [0, 0.05) is 0 Å². The van der Waals surface area contributed by atoms with Gasteiger partial charge < -0.3 is 15.3 Å². The molecule has 0 aliphatic heterocycles. The van der Waals surface area contributed by atoms with Crippen LogP contribution in [-0.4, -0.2) is 33.5 Å². The summed E-state index contributed by atoms with van der Waals surface area (Å²) in [6, 6.07) is 0. The second-order valence-corrected chi connectivity index (χ2v) is 15.4. The zero-order chi connectivity index (χ0) is 25.1. The van der Waals surface area contributed by atoms with Crippen molar-refractivity contribution < 1.29 is 20.1 Å². The predicted molar refractivity (Wildman–Crippen MR) is 134 cm³/mol. The summed E-state index contributed by atoms with van der Waals surface area (Å²) < 4.78 is 0. The van der Waals surface area contributed by atoms with E-state index in [0.29, 0.717) is 23.7 Å². The van der Waals surface area contributed by atoms with E-state index in [1.54, 1.807) is 0 Å². The van der Waals surface area contributed by atoms with Gasteiger partial charge in [-0.05, 0) is 114 Å². The fourth-order valence-electron chi connectivity index (χ4n) is 11.5. The van der Waals surface area contributed by atoms with E-state index in [-0.39, 0.29) is 38.9 Å². The van der Waals surface area contributed by atoms with Crippen molar-refractivity contribution in [3.05, 3.63) is 0 Å². The number of hydrogen-bond acceptors (Lipinski definition) is 3. The van der Waals surface area contributed by atoms with Crippen molar-refractivity contribution in [1.29, 1.82) is 0 Å². The molecule has 0 unspecified atom stereocenters. The molecule has 0 aromatic rings. The topological polar surface area (TPSA) is 77.8 Å². The summed E-state index contributed by atoms with van der Waals surface area (Å²) in [7, 11) is 0.